The van der Waals surface area contributed by atoms with E-state index in [0.717, 1.165) is 49.4 Å². The molecule has 0 aliphatic carbocycles. The average Bonchev–Trinajstić information content (AvgIpc) is 3.64. The maximum absolute atomic E-state index is 15.7. The number of nitrogens with one attached hydrogen (secondary N) is 2. The second-order valence-corrected chi connectivity index (χ2v) is 11.3. The minimum absolute atomic E-state index is 0.0191. The van der Waals surface area contributed by atoms with Crippen molar-refractivity contribution in [3.8, 4) is 17.2 Å². The summed E-state index contributed by atoms with van der Waals surface area (Å²) in [6, 6.07) is 13.4. The number of pyridine rings is 1. The maximum atomic E-state index is 15.7. The van der Waals surface area contributed by atoms with Crippen LogP contribution in [0.3, 0.4) is 0 Å². The van der Waals surface area contributed by atoms with E-state index in [2.05, 4.69) is 22.6 Å². The molecule has 0 bridgehead atoms. The number of anilines is 1. The third kappa shape index (κ3) is 4.63. The van der Waals surface area contributed by atoms with Gasteiger partial charge >= 0.3 is 0 Å². The molecule has 8 nitrogen and oxygen atoms in total. The monoisotopic (exact) mass is 556 g/mol. The van der Waals surface area contributed by atoms with Crippen LogP contribution in [0.5, 0.6) is 11.5 Å². The number of hydrogen-bond donors (Lipinski definition) is 2. The van der Waals surface area contributed by atoms with Crippen molar-refractivity contribution in [2.24, 2.45) is 0 Å². The number of ether oxygens (including phenoxy) is 2. The number of rotatable bonds is 7. The maximum Gasteiger partial charge on any atom is 0.256 e. The van der Waals surface area contributed by atoms with Crippen LogP contribution in [-0.4, -0.2) is 60.8 Å². The van der Waals surface area contributed by atoms with Gasteiger partial charge in [-0.1, -0.05) is 24.3 Å². The zero-order valence-corrected chi connectivity index (χ0v) is 23.0. The first kappa shape index (κ1) is 26.0. The van der Waals surface area contributed by atoms with Gasteiger partial charge < -0.3 is 29.6 Å². The third-order valence-corrected chi connectivity index (χ3v) is 8.70. The molecule has 3 aliphatic rings. The van der Waals surface area contributed by atoms with Crippen molar-refractivity contribution in [1.29, 1.82) is 0 Å². The molecule has 0 saturated carbocycles. The van der Waals surface area contributed by atoms with Gasteiger partial charge in [-0.2, -0.15) is 0 Å². The van der Waals surface area contributed by atoms with Gasteiger partial charge in [0.25, 0.3) is 5.91 Å². The molecule has 2 fully saturated rings. The highest BCUT2D eigenvalue weighted by Gasteiger charge is 2.30. The van der Waals surface area contributed by atoms with Gasteiger partial charge in [-0.05, 0) is 74.7 Å². The number of halogens is 1. The molecule has 9 heteroatoms. The number of amides is 1. The molecule has 2 saturated heterocycles. The third-order valence-electron chi connectivity index (χ3n) is 8.70. The van der Waals surface area contributed by atoms with Gasteiger partial charge in [0.05, 0.1) is 17.2 Å². The highest BCUT2D eigenvalue weighted by atomic mass is 19.1. The first-order valence-corrected chi connectivity index (χ1v) is 14.4. The molecule has 0 unspecified atom stereocenters. The predicted molar refractivity (Wildman–Crippen MR) is 157 cm³/mol. The average molecular weight is 557 g/mol. The second-order valence-electron chi connectivity index (χ2n) is 11.3. The number of aromatic nitrogens is 1. The van der Waals surface area contributed by atoms with Crippen LogP contribution in [0.25, 0.3) is 27.4 Å². The van der Waals surface area contributed by atoms with Crippen molar-refractivity contribution in [1.82, 2.24) is 14.8 Å². The smallest absolute Gasteiger partial charge is 0.256 e. The van der Waals surface area contributed by atoms with Crippen LogP contribution in [-0.2, 0) is 4.74 Å². The molecular weight excluding hydrogens is 523 g/mol. The largest absolute Gasteiger partial charge is 0.451 e. The lowest BCUT2D eigenvalue weighted by molar-refractivity contribution is 0.0948. The molecule has 4 heterocycles. The molecule has 2 atom stereocenters. The van der Waals surface area contributed by atoms with Crippen LogP contribution in [0.2, 0.25) is 0 Å². The molecule has 3 aliphatic heterocycles. The van der Waals surface area contributed by atoms with Crippen molar-refractivity contribution >= 4 is 33.3 Å². The summed E-state index contributed by atoms with van der Waals surface area (Å²) in [5.41, 5.74) is 0.740. The van der Waals surface area contributed by atoms with E-state index in [9.17, 15) is 9.59 Å². The summed E-state index contributed by atoms with van der Waals surface area (Å²) in [4.78, 5) is 29.4. The van der Waals surface area contributed by atoms with Gasteiger partial charge in [-0.3, -0.25) is 9.59 Å². The Labute approximate surface area is 237 Å². The first-order valence-electron chi connectivity index (χ1n) is 14.4. The van der Waals surface area contributed by atoms with Crippen LogP contribution in [0, 0.1) is 5.82 Å². The molecule has 1 amide bonds. The number of benzene rings is 3. The van der Waals surface area contributed by atoms with Gasteiger partial charge in [-0.25, -0.2) is 4.39 Å². The molecule has 212 valence electrons. The van der Waals surface area contributed by atoms with E-state index in [0.29, 0.717) is 42.7 Å². The fraction of sp³-hybridized carbons (Fsp3) is 0.375. The zero-order valence-electron chi connectivity index (χ0n) is 23.0. The summed E-state index contributed by atoms with van der Waals surface area (Å²) in [6.07, 6.45) is 6.48. The number of hydrogen-bond acceptors (Lipinski definition) is 6. The minimum Gasteiger partial charge on any atom is -0.451 e. The van der Waals surface area contributed by atoms with E-state index in [-0.39, 0.29) is 28.5 Å². The summed E-state index contributed by atoms with van der Waals surface area (Å²) in [6.45, 7) is 2.63. The lowest BCUT2D eigenvalue weighted by Crippen LogP contribution is -2.34. The molecule has 41 heavy (non-hydrogen) atoms. The van der Waals surface area contributed by atoms with Crippen molar-refractivity contribution in [3.05, 3.63) is 70.3 Å². The predicted octanol–water partition coefficient (Wildman–Crippen LogP) is 5.19. The van der Waals surface area contributed by atoms with E-state index in [4.69, 9.17) is 9.47 Å². The number of carbonyl (C=O) groups is 1. The normalized spacial score (nSPS) is 19.9. The fourth-order valence-electron chi connectivity index (χ4n) is 6.44. The van der Waals surface area contributed by atoms with Crippen molar-refractivity contribution < 1.29 is 18.7 Å². The van der Waals surface area contributed by atoms with Crippen LogP contribution in [0.1, 0.15) is 42.5 Å². The highest BCUT2D eigenvalue weighted by molar-refractivity contribution is 6.02. The molecule has 1 aromatic heterocycles. The Morgan fingerprint density at radius 2 is 1.95 bits per heavy atom. The number of likely N-dealkylation sites (tertiary alicyclic amines) is 1. The van der Waals surface area contributed by atoms with Crippen molar-refractivity contribution in [3.63, 3.8) is 0 Å². The highest BCUT2D eigenvalue weighted by Crippen LogP contribution is 2.46. The summed E-state index contributed by atoms with van der Waals surface area (Å²) >= 11 is 0. The van der Waals surface area contributed by atoms with E-state index >= 15 is 4.39 Å². The van der Waals surface area contributed by atoms with Crippen LogP contribution in [0.4, 0.5) is 10.1 Å². The Morgan fingerprint density at radius 1 is 1.12 bits per heavy atom. The van der Waals surface area contributed by atoms with Gasteiger partial charge in [0, 0.05) is 31.9 Å². The Hall–Kier alpha value is -3.95. The lowest BCUT2D eigenvalue weighted by Gasteiger charge is -2.27. The van der Waals surface area contributed by atoms with Gasteiger partial charge in [0.1, 0.15) is 16.8 Å². The van der Waals surface area contributed by atoms with Gasteiger partial charge in [0.2, 0.25) is 5.43 Å². The van der Waals surface area contributed by atoms with Gasteiger partial charge in [0.15, 0.2) is 17.3 Å². The quantitative estimate of drug-likeness (QED) is 0.287. The first-order chi connectivity index (χ1) is 20.0. The summed E-state index contributed by atoms with van der Waals surface area (Å²) in [5.74, 6) is -0.325. The SMILES string of the molecule is CN1CCC[C@H]1CCNC(=O)c1cn2c3c(c(NC[C@H]4CCCO4)c(F)cc3c1=O)Oc1cc3ccccc3cc1-2. The van der Waals surface area contributed by atoms with Crippen LogP contribution >= 0.6 is 0 Å². The van der Waals surface area contributed by atoms with Crippen molar-refractivity contribution in [2.45, 2.75) is 44.2 Å². The summed E-state index contributed by atoms with van der Waals surface area (Å²) in [5, 5.41) is 8.17. The Balaban J connectivity index is 1.33. The zero-order chi connectivity index (χ0) is 28.1. The van der Waals surface area contributed by atoms with E-state index in [1.807, 2.05) is 36.4 Å². The minimum atomic E-state index is -0.611. The molecule has 4 aromatic rings. The molecule has 0 radical (unpaired) electrons. The number of carbonyl (C=O) groups excluding carboxylic acids is 1. The van der Waals surface area contributed by atoms with E-state index in [1.54, 1.807) is 10.8 Å². The molecule has 7 rings (SSSR count). The van der Waals surface area contributed by atoms with Crippen molar-refractivity contribution in [2.75, 3.05) is 38.6 Å². The number of nitrogens with zero attached hydrogens (tertiary/aromatic N) is 2. The standard InChI is InChI=1S/C32H33FN4O4/c1-36-12-4-8-21(36)10-11-34-32(39)24-18-37-26-14-19-6-2-3-7-20(19)15-27(26)41-31-28(35-17-22-9-5-13-40-22)25(33)16-23(29(31)37)30(24)38/h2-3,6-7,14-16,18,21-22,35H,4-5,8-13,17H2,1H3,(H,34,39)/t21-,22+/m0/s1. The Morgan fingerprint density at radius 3 is 2.71 bits per heavy atom. The lowest BCUT2D eigenvalue weighted by atomic mass is 10.0. The second kappa shape index (κ2) is 10.5. The topological polar surface area (TPSA) is 84.8 Å². The molecule has 0 spiro atoms. The van der Waals surface area contributed by atoms with Crippen LogP contribution < -0.4 is 20.8 Å². The van der Waals surface area contributed by atoms with E-state index in [1.165, 1.54) is 6.07 Å². The Bertz CT molecular complexity index is 1730. The summed E-state index contributed by atoms with van der Waals surface area (Å²) < 4.78 is 29.6. The van der Waals surface area contributed by atoms with Crippen LogP contribution in [0.15, 0.2) is 53.5 Å². The molecular formula is C32H33FN4O4. The van der Waals surface area contributed by atoms with Gasteiger partial charge in [-0.15, -0.1) is 0 Å². The van der Waals surface area contributed by atoms with E-state index < -0.39 is 17.2 Å². The summed E-state index contributed by atoms with van der Waals surface area (Å²) in [7, 11) is 2.10. The Kier molecular flexibility index (Phi) is 6.63. The molecule has 2 N–H and O–H groups in total. The number of fused-ring (bicyclic) bond motifs is 3. The molecule has 3 aromatic carbocycles. The fourth-order valence-corrected chi connectivity index (χ4v) is 6.44.